The maximum Gasteiger partial charge on any atom is 0.251 e. The van der Waals surface area contributed by atoms with Gasteiger partial charge < -0.3 is 19.8 Å². The van der Waals surface area contributed by atoms with Crippen LogP contribution in [0.3, 0.4) is 0 Å². The summed E-state index contributed by atoms with van der Waals surface area (Å²) in [5.41, 5.74) is 1.56. The molecule has 0 atom stereocenters. The largest absolute Gasteiger partial charge is 0.493 e. The molecule has 2 N–H and O–H groups in total. The average molecular weight is 260 g/mol. The number of carbonyl (C=O) groups excluding carboxylic acids is 1. The highest BCUT2D eigenvalue weighted by atomic mass is 16.5. The average Bonchev–Trinajstić information content (AvgIpc) is 2.97. The third kappa shape index (κ3) is 3.07. The molecule has 1 aromatic carbocycles. The number of hydrogen-bond acceptors (Lipinski definition) is 3. The van der Waals surface area contributed by atoms with Gasteiger partial charge >= 0.3 is 0 Å². The van der Waals surface area contributed by atoms with E-state index in [1.54, 1.807) is 32.4 Å². The summed E-state index contributed by atoms with van der Waals surface area (Å²) in [6.45, 7) is 0.483. The fourth-order valence-corrected chi connectivity index (χ4v) is 1.73. The van der Waals surface area contributed by atoms with Gasteiger partial charge in [0, 0.05) is 24.5 Å². The number of methoxy groups -OCH3 is 2. The van der Waals surface area contributed by atoms with Crippen LogP contribution in [0.5, 0.6) is 11.5 Å². The third-order valence-corrected chi connectivity index (χ3v) is 2.76. The van der Waals surface area contributed by atoms with E-state index < -0.39 is 0 Å². The Morgan fingerprint density at radius 2 is 2.00 bits per heavy atom. The van der Waals surface area contributed by atoms with E-state index >= 15 is 0 Å². The molecule has 100 valence electrons. The Kier molecular flexibility index (Phi) is 4.07. The molecule has 0 saturated heterocycles. The van der Waals surface area contributed by atoms with Gasteiger partial charge in [-0.25, -0.2) is 0 Å². The molecule has 0 radical (unpaired) electrons. The topological polar surface area (TPSA) is 63.3 Å². The molecule has 0 spiro atoms. The highest BCUT2D eigenvalue weighted by Gasteiger charge is 2.10. The lowest BCUT2D eigenvalue weighted by atomic mass is 10.2. The number of benzene rings is 1. The summed E-state index contributed by atoms with van der Waals surface area (Å²) in [6, 6.07) is 6.98. The smallest absolute Gasteiger partial charge is 0.251 e. The lowest BCUT2D eigenvalue weighted by molar-refractivity contribution is 0.0950. The summed E-state index contributed by atoms with van der Waals surface area (Å²) < 4.78 is 10.3. The molecule has 1 heterocycles. The van der Waals surface area contributed by atoms with E-state index in [-0.39, 0.29) is 5.91 Å². The molecule has 0 fully saturated rings. The lowest BCUT2D eigenvalue weighted by Crippen LogP contribution is -2.22. The zero-order valence-electron chi connectivity index (χ0n) is 10.9. The highest BCUT2D eigenvalue weighted by Crippen LogP contribution is 2.27. The molecule has 0 aliphatic heterocycles. The van der Waals surface area contributed by atoms with Crippen LogP contribution in [0, 0.1) is 0 Å². The number of ether oxygens (including phenoxy) is 2. The van der Waals surface area contributed by atoms with Gasteiger partial charge in [-0.05, 0) is 29.8 Å². The number of carbonyl (C=O) groups is 1. The van der Waals surface area contributed by atoms with Crippen LogP contribution in [-0.2, 0) is 6.54 Å². The number of H-pyrrole nitrogens is 1. The van der Waals surface area contributed by atoms with Gasteiger partial charge in [0.15, 0.2) is 11.5 Å². The second kappa shape index (κ2) is 5.95. The fourth-order valence-electron chi connectivity index (χ4n) is 1.73. The van der Waals surface area contributed by atoms with Crippen LogP contribution in [0.25, 0.3) is 0 Å². The Hall–Kier alpha value is -2.43. The predicted octanol–water partition coefficient (Wildman–Crippen LogP) is 1.96. The molecular weight excluding hydrogens is 244 g/mol. The van der Waals surface area contributed by atoms with Crippen molar-refractivity contribution < 1.29 is 14.3 Å². The molecule has 2 aromatic rings. The molecular formula is C14H16N2O3. The zero-order valence-corrected chi connectivity index (χ0v) is 10.9. The van der Waals surface area contributed by atoms with Gasteiger partial charge in [0.05, 0.1) is 14.2 Å². The standard InChI is InChI=1S/C14H16N2O3/c1-18-12-4-3-11(7-13(12)19-2)14(17)16-9-10-5-6-15-8-10/h3-8,15H,9H2,1-2H3,(H,16,17). The van der Waals surface area contributed by atoms with E-state index in [9.17, 15) is 4.79 Å². The number of rotatable bonds is 5. The van der Waals surface area contributed by atoms with E-state index in [0.717, 1.165) is 5.56 Å². The van der Waals surface area contributed by atoms with Crippen molar-refractivity contribution in [3.8, 4) is 11.5 Å². The van der Waals surface area contributed by atoms with Gasteiger partial charge in [-0.1, -0.05) is 0 Å². The van der Waals surface area contributed by atoms with Crippen molar-refractivity contribution >= 4 is 5.91 Å². The van der Waals surface area contributed by atoms with E-state index in [1.807, 2.05) is 18.5 Å². The maximum atomic E-state index is 12.0. The SMILES string of the molecule is COc1ccc(C(=O)NCc2cc[nH]c2)cc1OC. The van der Waals surface area contributed by atoms with Crippen molar-refractivity contribution in [2.75, 3.05) is 14.2 Å². The van der Waals surface area contributed by atoms with Gasteiger partial charge in [0.2, 0.25) is 0 Å². The van der Waals surface area contributed by atoms with Gasteiger partial charge in [-0.15, -0.1) is 0 Å². The first-order chi connectivity index (χ1) is 9.24. The maximum absolute atomic E-state index is 12.0. The molecule has 0 aliphatic rings. The van der Waals surface area contributed by atoms with Gasteiger partial charge in [0.1, 0.15) is 0 Å². The second-order valence-electron chi connectivity index (χ2n) is 3.97. The summed E-state index contributed by atoms with van der Waals surface area (Å²) in [5, 5.41) is 2.83. The predicted molar refractivity (Wildman–Crippen MR) is 71.5 cm³/mol. The lowest BCUT2D eigenvalue weighted by Gasteiger charge is -2.09. The Bertz CT molecular complexity index is 550. The summed E-state index contributed by atoms with van der Waals surface area (Å²) in [5.74, 6) is 0.989. The molecule has 0 saturated carbocycles. The summed E-state index contributed by atoms with van der Waals surface area (Å²) in [7, 11) is 3.10. The van der Waals surface area contributed by atoms with E-state index in [4.69, 9.17) is 9.47 Å². The van der Waals surface area contributed by atoms with Crippen LogP contribution in [0.1, 0.15) is 15.9 Å². The van der Waals surface area contributed by atoms with Crippen LogP contribution in [0.4, 0.5) is 0 Å². The first-order valence-corrected chi connectivity index (χ1v) is 5.86. The number of nitrogens with one attached hydrogen (secondary N) is 2. The monoisotopic (exact) mass is 260 g/mol. The fraction of sp³-hybridized carbons (Fsp3) is 0.214. The van der Waals surface area contributed by atoms with E-state index in [1.165, 1.54) is 0 Å². The molecule has 5 nitrogen and oxygen atoms in total. The number of hydrogen-bond donors (Lipinski definition) is 2. The minimum atomic E-state index is -0.151. The van der Waals surface area contributed by atoms with Crippen molar-refractivity contribution in [1.29, 1.82) is 0 Å². The quantitative estimate of drug-likeness (QED) is 0.863. The van der Waals surface area contributed by atoms with E-state index in [2.05, 4.69) is 10.3 Å². The Morgan fingerprint density at radius 1 is 1.21 bits per heavy atom. The summed E-state index contributed by atoms with van der Waals surface area (Å²) in [4.78, 5) is 14.9. The number of amides is 1. The Morgan fingerprint density at radius 3 is 2.63 bits per heavy atom. The molecule has 5 heteroatoms. The molecule has 0 bridgehead atoms. The van der Waals surface area contributed by atoms with Crippen LogP contribution in [0.2, 0.25) is 0 Å². The minimum absolute atomic E-state index is 0.151. The molecule has 2 rings (SSSR count). The van der Waals surface area contributed by atoms with Gasteiger partial charge in [-0.2, -0.15) is 0 Å². The van der Waals surface area contributed by atoms with Gasteiger partial charge in [-0.3, -0.25) is 4.79 Å². The zero-order chi connectivity index (χ0) is 13.7. The van der Waals surface area contributed by atoms with Crippen molar-refractivity contribution in [1.82, 2.24) is 10.3 Å². The van der Waals surface area contributed by atoms with Crippen LogP contribution >= 0.6 is 0 Å². The van der Waals surface area contributed by atoms with Crippen molar-refractivity contribution in [3.05, 3.63) is 47.8 Å². The van der Waals surface area contributed by atoms with Crippen molar-refractivity contribution in [2.24, 2.45) is 0 Å². The van der Waals surface area contributed by atoms with E-state index in [0.29, 0.717) is 23.6 Å². The minimum Gasteiger partial charge on any atom is -0.493 e. The second-order valence-corrected chi connectivity index (χ2v) is 3.97. The van der Waals surface area contributed by atoms with Crippen LogP contribution in [-0.4, -0.2) is 25.1 Å². The molecule has 0 unspecified atom stereocenters. The first-order valence-electron chi connectivity index (χ1n) is 5.86. The summed E-state index contributed by atoms with van der Waals surface area (Å²) in [6.07, 6.45) is 3.66. The van der Waals surface area contributed by atoms with Gasteiger partial charge in [0.25, 0.3) is 5.91 Å². The third-order valence-electron chi connectivity index (χ3n) is 2.76. The molecule has 1 amide bonds. The van der Waals surface area contributed by atoms with Crippen molar-refractivity contribution in [2.45, 2.75) is 6.54 Å². The highest BCUT2D eigenvalue weighted by molar-refractivity contribution is 5.94. The van der Waals surface area contributed by atoms with Crippen LogP contribution in [0.15, 0.2) is 36.7 Å². The normalized spacial score (nSPS) is 10.0. The molecule has 1 aromatic heterocycles. The number of aromatic amines is 1. The Balaban J connectivity index is 2.06. The Labute approximate surface area is 111 Å². The molecule has 0 aliphatic carbocycles. The first kappa shape index (κ1) is 13.0. The van der Waals surface area contributed by atoms with Crippen molar-refractivity contribution in [3.63, 3.8) is 0 Å². The number of aromatic nitrogens is 1. The van der Waals surface area contributed by atoms with Crippen LogP contribution < -0.4 is 14.8 Å². The molecule has 19 heavy (non-hydrogen) atoms. The summed E-state index contributed by atoms with van der Waals surface area (Å²) >= 11 is 0.